The average Bonchev–Trinajstić information content (AvgIpc) is 2.55. The first-order chi connectivity index (χ1) is 8.57. The second-order valence-electron chi connectivity index (χ2n) is 6.61. The summed E-state index contributed by atoms with van der Waals surface area (Å²) >= 11 is 0. The van der Waals surface area contributed by atoms with Crippen LogP contribution >= 0.6 is 0 Å². The van der Waals surface area contributed by atoms with Crippen molar-refractivity contribution < 1.29 is 4.74 Å². The van der Waals surface area contributed by atoms with E-state index >= 15 is 0 Å². The predicted molar refractivity (Wildman–Crippen MR) is 75.6 cm³/mol. The second kappa shape index (κ2) is 5.89. The van der Waals surface area contributed by atoms with Gasteiger partial charge >= 0.3 is 0 Å². The molecule has 1 aliphatic carbocycles. The van der Waals surface area contributed by atoms with E-state index in [0.717, 1.165) is 25.6 Å². The molecule has 106 valence electrons. The minimum atomic E-state index is 0.238. The average molecular weight is 254 g/mol. The van der Waals surface area contributed by atoms with Gasteiger partial charge in [0.2, 0.25) is 0 Å². The Balaban J connectivity index is 2.14. The maximum atomic E-state index is 6.21. The Morgan fingerprint density at radius 3 is 2.72 bits per heavy atom. The molecule has 1 heterocycles. The summed E-state index contributed by atoms with van der Waals surface area (Å²) in [4.78, 5) is 2.67. The van der Waals surface area contributed by atoms with Crippen molar-refractivity contribution in [1.29, 1.82) is 0 Å². The highest BCUT2D eigenvalue weighted by molar-refractivity contribution is 4.97. The van der Waals surface area contributed by atoms with E-state index < -0.39 is 0 Å². The third-order valence-corrected chi connectivity index (χ3v) is 5.04. The first kappa shape index (κ1) is 14.3. The van der Waals surface area contributed by atoms with Gasteiger partial charge in [0.15, 0.2) is 0 Å². The molecule has 1 saturated heterocycles. The summed E-state index contributed by atoms with van der Waals surface area (Å²) in [6.45, 7) is 9.57. The molecule has 4 unspecified atom stereocenters. The van der Waals surface area contributed by atoms with E-state index in [1.165, 1.54) is 32.1 Å². The van der Waals surface area contributed by atoms with Gasteiger partial charge in [0, 0.05) is 24.7 Å². The molecule has 0 amide bonds. The summed E-state index contributed by atoms with van der Waals surface area (Å²) in [6.07, 6.45) is 6.92. The number of nitrogens with two attached hydrogens (primary N) is 1. The van der Waals surface area contributed by atoms with Gasteiger partial charge in [-0.05, 0) is 39.0 Å². The Hall–Kier alpha value is -0.120. The molecule has 1 saturated carbocycles. The molecule has 0 radical (unpaired) electrons. The van der Waals surface area contributed by atoms with Crippen LogP contribution in [0.25, 0.3) is 0 Å². The highest BCUT2D eigenvalue weighted by atomic mass is 16.5. The molecule has 2 fully saturated rings. The number of hydrogen-bond donors (Lipinski definition) is 1. The fourth-order valence-corrected chi connectivity index (χ4v) is 3.74. The molecule has 0 aromatic rings. The van der Waals surface area contributed by atoms with Gasteiger partial charge in [-0.3, -0.25) is 4.90 Å². The van der Waals surface area contributed by atoms with Crippen LogP contribution in [0.2, 0.25) is 0 Å². The van der Waals surface area contributed by atoms with Gasteiger partial charge in [-0.25, -0.2) is 0 Å². The largest absolute Gasteiger partial charge is 0.376 e. The van der Waals surface area contributed by atoms with Gasteiger partial charge in [0.25, 0.3) is 0 Å². The van der Waals surface area contributed by atoms with Crippen molar-refractivity contribution >= 4 is 0 Å². The van der Waals surface area contributed by atoms with Crippen molar-refractivity contribution in [2.75, 3.05) is 19.7 Å². The summed E-state index contributed by atoms with van der Waals surface area (Å²) in [5.41, 5.74) is 6.45. The van der Waals surface area contributed by atoms with Crippen LogP contribution in [0, 0.1) is 5.92 Å². The number of rotatable bonds is 2. The number of hydrogen-bond acceptors (Lipinski definition) is 3. The van der Waals surface area contributed by atoms with Gasteiger partial charge in [0.05, 0.1) is 12.7 Å². The lowest BCUT2D eigenvalue weighted by molar-refractivity contribution is -0.0966. The summed E-state index contributed by atoms with van der Waals surface area (Å²) in [6, 6.07) is 0.512. The Labute approximate surface area is 112 Å². The monoisotopic (exact) mass is 254 g/mol. The summed E-state index contributed by atoms with van der Waals surface area (Å²) in [5, 5.41) is 0. The minimum absolute atomic E-state index is 0.238. The van der Waals surface area contributed by atoms with Crippen molar-refractivity contribution in [3.8, 4) is 0 Å². The normalized spacial score (nSPS) is 43.7. The van der Waals surface area contributed by atoms with Crippen LogP contribution in [0.15, 0.2) is 0 Å². The van der Waals surface area contributed by atoms with Crippen molar-refractivity contribution in [1.82, 2.24) is 4.90 Å². The lowest BCUT2D eigenvalue weighted by Gasteiger charge is -2.50. The van der Waals surface area contributed by atoms with E-state index in [1.54, 1.807) is 0 Å². The van der Waals surface area contributed by atoms with E-state index in [4.69, 9.17) is 10.5 Å². The van der Waals surface area contributed by atoms with Crippen molar-refractivity contribution in [3.63, 3.8) is 0 Å². The van der Waals surface area contributed by atoms with Gasteiger partial charge in [-0.1, -0.05) is 19.8 Å². The zero-order chi connectivity index (χ0) is 13.2. The fourth-order valence-electron chi connectivity index (χ4n) is 3.74. The third kappa shape index (κ3) is 2.89. The maximum Gasteiger partial charge on any atom is 0.0675 e. The standard InChI is InChI=1S/C15H30N2O/c1-12-5-4-7-15(11-16,8-6-12)17-9-14(3)18-10-13(17)2/h12-14H,4-11,16H2,1-3H3. The smallest absolute Gasteiger partial charge is 0.0675 e. The highest BCUT2D eigenvalue weighted by Crippen LogP contribution is 2.36. The molecule has 4 atom stereocenters. The van der Waals surface area contributed by atoms with Gasteiger partial charge in [-0.15, -0.1) is 0 Å². The molecule has 0 aromatic heterocycles. The molecule has 18 heavy (non-hydrogen) atoms. The quantitative estimate of drug-likeness (QED) is 0.769. The number of nitrogens with zero attached hydrogens (tertiary/aromatic N) is 1. The predicted octanol–water partition coefficient (Wildman–Crippen LogP) is 2.39. The Kier molecular flexibility index (Phi) is 4.68. The van der Waals surface area contributed by atoms with Crippen LogP contribution in [0.4, 0.5) is 0 Å². The zero-order valence-electron chi connectivity index (χ0n) is 12.3. The molecule has 2 rings (SSSR count). The van der Waals surface area contributed by atoms with Crippen molar-refractivity contribution in [3.05, 3.63) is 0 Å². The molecule has 1 aliphatic heterocycles. The van der Waals surface area contributed by atoms with Crippen LogP contribution in [-0.2, 0) is 4.74 Å². The summed E-state index contributed by atoms with van der Waals surface area (Å²) in [7, 11) is 0. The van der Waals surface area contributed by atoms with Gasteiger partial charge in [0.1, 0.15) is 0 Å². The molecule has 3 heteroatoms. The molecule has 3 nitrogen and oxygen atoms in total. The molecule has 2 aliphatic rings. The van der Waals surface area contributed by atoms with E-state index in [-0.39, 0.29) is 5.54 Å². The van der Waals surface area contributed by atoms with Crippen LogP contribution in [-0.4, -0.2) is 42.3 Å². The van der Waals surface area contributed by atoms with Gasteiger partial charge in [-0.2, -0.15) is 0 Å². The highest BCUT2D eigenvalue weighted by Gasteiger charge is 2.41. The van der Waals surface area contributed by atoms with Crippen molar-refractivity contribution in [2.24, 2.45) is 11.7 Å². The fraction of sp³-hybridized carbons (Fsp3) is 1.00. The first-order valence-corrected chi connectivity index (χ1v) is 7.66. The van der Waals surface area contributed by atoms with Crippen molar-refractivity contribution in [2.45, 2.75) is 70.6 Å². The van der Waals surface area contributed by atoms with E-state index in [0.29, 0.717) is 12.1 Å². The van der Waals surface area contributed by atoms with Crippen LogP contribution in [0.5, 0.6) is 0 Å². The van der Waals surface area contributed by atoms with Crippen LogP contribution < -0.4 is 5.73 Å². The summed E-state index contributed by atoms with van der Waals surface area (Å²) < 4.78 is 5.77. The van der Waals surface area contributed by atoms with Crippen LogP contribution in [0.1, 0.15) is 52.9 Å². The summed E-state index contributed by atoms with van der Waals surface area (Å²) in [5.74, 6) is 0.868. The molecule has 0 spiro atoms. The van der Waals surface area contributed by atoms with Crippen LogP contribution in [0.3, 0.4) is 0 Å². The number of morpholine rings is 1. The number of ether oxygens (including phenoxy) is 1. The minimum Gasteiger partial charge on any atom is -0.376 e. The Bertz CT molecular complexity index is 271. The molecule has 0 bridgehead atoms. The maximum absolute atomic E-state index is 6.21. The van der Waals surface area contributed by atoms with E-state index in [2.05, 4.69) is 25.7 Å². The third-order valence-electron chi connectivity index (χ3n) is 5.04. The van der Waals surface area contributed by atoms with Gasteiger partial charge < -0.3 is 10.5 Å². The lowest BCUT2D eigenvalue weighted by Crippen LogP contribution is -2.62. The SMILES string of the molecule is CC1CCCC(CN)(N2CC(C)OCC2C)CC1. The lowest BCUT2D eigenvalue weighted by atomic mass is 9.85. The molecule has 0 aromatic carbocycles. The first-order valence-electron chi connectivity index (χ1n) is 7.66. The van der Waals surface area contributed by atoms with E-state index in [1.807, 2.05) is 0 Å². The second-order valence-corrected chi connectivity index (χ2v) is 6.61. The topological polar surface area (TPSA) is 38.5 Å². The molecule has 2 N–H and O–H groups in total. The van der Waals surface area contributed by atoms with E-state index in [9.17, 15) is 0 Å². The zero-order valence-corrected chi connectivity index (χ0v) is 12.3. The molecular formula is C15H30N2O. The Morgan fingerprint density at radius 2 is 2.00 bits per heavy atom. The molecular weight excluding hydrogens is 224 g/mol. The Morgan fingerprint density at radius 1 is 1.22 bits per heavy atom.